The fourth-order valence-electron chi connectivity index (χ4n) is 2.96. The van der Waals surface area contributed by atoms with Crippen molar-refractivity contribution in [1.29, 1.82) is 0 Å². The molecule has 20 heavy (non-hydrogen) atoms. The molecule has 2 fully saturated rings. The van der Waals surface area contributed by atoms with Crippen LogP contribution >= 0.6 is 0 Å². The number of hydrogen-bond acceptors (Lipinski definition) is 1. The highest BCUT2D eigenvalue weighted by molar-refractivity contribution is 5.93. The maximum absolute atomic E-state index is 13.5. The van der Waals surface area contributed by atoms with E-state index in [1.807, 2.05) is 0 Å². The van der Waals surface area contributed by atoms with Crippen molar-refractivity contribution in [3.05, 3.63) is 29.6 Å². The summed E-state index contributed by atoms with van der Waals surface area (Å²) in [5.41, 5.74) is -1.37. The van der Waals surface area contributed by atoms with E-state index in [2.05, 4.69) is 5.32 Å². The Morgan fingerprint density at radius 3 is 2.40 bits per heavy atom. The van der Waals surface area contributed by atoms with Crippen molar-refractivity contribution in [1.82, 2.24) is 0 Å². The Morgan fingerprint density at radius 2 is 1.80 bits per heavy atom. The fraction of sp³-hybridized carbons (Fsp3) is 0.500. The SMILES string of the molecule is O=C(Nc1cc(C(F)(F)F)ccc1F)C1CC2CC2C1. The Kier molecular flexibility index (Phi) is 2.99. The van der Waals surface area contributed by atoms with Gasteiger partial charge in [0.15, 0.2) is 0 Å². The third kappa shape index (κ3) is 2.51. The Balaban J connectivity index is 1.74. The minimum atomic E-state index is -4.55. The van der Waals surface area contributed by atoms with Gasteiger partial charge in [0.25, 0.3) is 0 Å². The molecule has 108 valence electrons. The predicted octanol–water partition coefficient (Wildman–Crippen LogP) is 3.83. The molecule has 3 rings (SSSR count). The molecule has 2 nitrogen and oxygen atoms in total. The first kappa shape index (κ1) is 13.4. The zero-order valence-corrected chi connectivity index (χ0v) is 10.5. The zero-order valence-electron chi connectivity index (χ0n) is 10.5. The molecule has 0 saturated heterocycles. The lowest BCUT2D eigenvalue weighted by Crippen LogP contribution is -2.22. The number of fused-ring (bicyclic) bond motifs is 1. The van der Waals surface area contributed by atoms with Crippen LogP contribution in [0.2, 0.25) is 0 Å². The van der Waals surface area contributed by atoms with Crippen LogP contribution in [0, 0.1) is 23.6 Å². The lowest BCUT2D eigenvalue weighted by molar-refractivity contribution is -0.137. The number of benzene rings is 1. The number of carbonyl (C=O) groups excluding carboxylic acids is 1. The summed E-state index contributed by atoms with van der Waals surface area (Å²) >= 11 is 0. The maximum atomic E-state index is 13.5. The average molecular weight is 287 g/mol. The Morgan fingerprint density at radius 1 is 1.15 bits per heavy atom. The number of amides is 1. The van der Waals surface area contributed by atoms with Gasteiger partial charge in [-0.2, -0.15) is 13.2 Å². The van der Waals surface area contributed by atoms with Gasteiger partial charge >= 0.3 is 6.18 Å². The zero-order chi connectivity index (χ0) is 14.5. The van der Waals surface area contributed by atoms with Crippen LogP contribution in [0.25, 0.3) is 0 Å². The maximum Gasteiger partial charge on any atom is 0.416 e. The molecule has 1 aromatic carbocycles. The minimum Gasteiger partial charge on any atom is -0.323 e. The second kappa shape index (κ2) is 4.46. The van der Waals surface area contributed by atoms with E-state index in [-0.39, 0.29) is 11.8 Å². The van der Waals surface area contributed by atoms with Gasteiger partial charge in [0, 0.05) is 5.92 Å². The van der Waals surface area contributed by atoms with Gasteiger partial charge in [-0.3, -0.25) is 4.79 Å². The van der Waals surface area contributed by atoms with E-state index in [9.17, 15) is 22.4 Å². The van der Waals surface area contributed by atoms with Crippen LogP contribution in [-0.4, -0.2) is 5.91 Å². The second-order valence-corrected chi connectivity index (χ2v) is 5.61. The summed E-state index contributed by atoms with van der Waals surface area (Å²) in [5.74, 6) is -0.271. The highest BCUT2D eigenvalue weighted by Gasteiger charge is 2.48. The number of hydrogen-bond donors (Lipinski definition) is 1. The van der Waals surface area contributed by atoms with Crippen LogP contribution in [0.5, 0.6) is 0 Å². The van der Waals surface area contributed by atoms with E-state index in [0.29, 0.717) is 24.0 Å². The van der Waals surface area contributed by atoms with Gasteiger partial charge in [-0.05, 0) is 49.3 Å². The summed E-state index contributed by atoms with van der Waals surface area (Å²) in [4.78, 5) is 11.9. The van der Waals surface area contributed by atoms with Gasteiger partial charge in [-0.15, -0.1) is 0 Å². The highest BCUT2D eigenvalue weighted by atomic mass is 19.4. The molecule has 2 unspecified atom stereocenters. The third-order valence-corrected chi connectivity index (χ3v) is 4.17. The van der Waals surface area contributed by atoms with Crippen molar-refractivity contribution in [3.63, 3.8) is 0 Å². The van der Waals surface area contributed by atoms with Gasteiger partial charge in [0.05, 0.1) is 11.3 Å². The number of nitrogens with one attached hydrogen (secondary N) is 1. The second-order valence-electron chi connectivity index (χ2n) is 5.61. The van der Waals surface area contributed by atoms with Crippen LogP contribution in [0.1, 0.15) is 24.8 Å². The molecule has 1 aromatic rings. The van der Waals surface area contributed by atoms with Crippen molar-refractivity contribution in [2.45, 2.75) is 25.4 Å². The molecule has 0 spiro atoms. The highest BCUT2D eigenvalue weighted by Crippen LogP contribution is 2.54. The molecule has 1 amide bonds. The van der Waals surface area contributed by atoms with Crippen molar-refractivity contribution in [2.24, 2.45) is 17.8 Å². The van der Waals surface area contributed by atoms with E-state index in [1.165, 1.54) is 0 Å². The third-order valence-electron chi connectivity index (χ3n) is 4.17. The summed E-state index contributed by atoms with van der Waals surface area (Å²) in [6, 6.07) is 2.03. The summed E-state index contributed by atoms with van der Waals surface area (Å²) in [6.45, 7) is 0. The lowest BCUT2D eigenvalue weighted by atomic mass is 10.0. The molecule has 0 aliphatic heterocycles. The summed E-state index contributed by atoms with van der Waals surface area (Å²) < 4.78 is 51.2. The van der Waals surface area contributed by atoms with E-state index in [1.54, 1.807) is 0 Å². The van der Waals surface area contributed by atoms with Gasteiger partial charge in [-0.25, -0.2) is 4.39 Å². The largest absolute Gasteiger partial charge is 0.416 e. The standard InChI is InChI=1S/C14H13F4NO/c15-11-2-1-10(14(16,17)18)6-12(11)19-13(20)9-4-7-3-8(7)5-9/h1-2,6-9H,3-5H2,(H,19,20). The van der Waals surface area contributed by atoms with Crippen molar-refractivity contribution < 1.29 is 22.4 Å². The Labute approximate surface area is 113 Å². The van der Waals surface area contributed by atoms with Crippen LogP contribution in [0.3, 0.4) is 0 Å². The first-order chi connectivity index (χ1) is 9.34. The van der Waals surface area contributed by atoms with Crippen molar-refractivity contribution >= 4 is 11.6 Å². The van der Waals surface area contributed by atoms with E-state index in [0.717, 1.165) is 25.3 Å². The number of anilines is 1. The average Bonchev–Trinajstić information content (AvgIpc) is 2.97. The molecular weight excluding hydrogens is 274 g/mol. The van der Waals surface area contributed by atoms with Gasteiger partial charge < -0.3 is 5.32 Å². The fourth-order valence-corrected chi connectivity index (χ4v) is 2.96. The van der Waals surface area contributed by atoms with Crippen molar-refractivity contribution in [3.8, 4) is 0 Å². The lowest BCUT2D eigenvalue weighted by Gasteiger charge is -2.14. The van der Waals surface area contributed by atoms with Crippen LogP contribution in [0.4, 0.5) is 23.2 Å². The normalized spacial score (nSPS) is 28.1. The minimum absolute atomic E-state index is 0.201. The number of alkyl halides is 3. The molecule has 2 atom stereocenters. The Bertz CT molecular complexity index is 545. The molecule has 0 aromatic heterocycles. The molecule has 1 N–H and O–H groups in total. The van der Waals surface area contributed by atoms with Crippen LogP contribution in [-0.2, 0) is 11.0 Å². The van der Waals surface area contributed by atoms with Gasteiger partial charge in [-0.1, -0.05) is 0 Å². The van der Waals surface area contributed by atoms with Gasteiger partial charge in [0.2, 0.25) is 5.91 Å². The molecule has 0 radical (unpaired) electrons. The topological polar surface area (TPSA) is 29.1 Å². The smallest absolute Gasteiger partial charge is 0.323 e. The first-order valence-corrected chi connectivity index (χ1v) is 6.52. The number of halogens is 4. The molecular formula is C14H13F4NO. The quantitative estimate of drug-likeness (QED) is 0.823. The molecule has 0 heterocycles. The summed E-state index contributed by atoms with van der Waals surface area (Å²) in [5, 5.41) is 2.29. The molecule has 2 aliphatic rings. The Hall–Kier alpha value is -1.59. The van der Waals surface area contributed by atoms with Crippen molar-refractivity contribution in [2.75, 3.05) is 5.32 Å². The number of rotatable bonds is 2. The monoisotopic (exact) mass is 287 g/mol. The van der Waals surface area contributed by atoms with E-state index >= 15 is 0 Å². The summed E-state index contributed by atoms with van der Waals surface area (Å²) in [6.07, 6.45) is -1.89. The van der Waals surface area contributed by atoms with E-state index < -0.39 is 23.2 Å². The molecule has 0 bridgehead atoms. The number of carbonyl (C=O) groups is 1. The van der Waals surface area contributed by atoms with Crippen LogP contribution < -0.4 is 5.32 Å². The molecule has 2 saturated carbocycles. The van der Waals surface area contributed by atoms with Crippen LogP contribution in [0.15, 0.2) is 18.2 Å². The van der Waals surface area contributed by atoms with Gasteiger partial charge in [0.1, 0.15) is 5.82 Å². The summed E-state index contributed by atoms with van der Waals surface area (Å²) in [7, 11) is 0. The first-order valence-electron chi connectivity index (χ1n) is 6.52. The predicted molar refractivity (Wildman–Crippen MR) is 64.4 cm³/mol. The molecule has 2 aliphatic carbocycles. The van der Waals surface area contributed by atoms with E-state index in [4.69, 9.17) is 0 Å². The molecule has 6 heteroatoms.